The molecule has 0 saturated heterocycles. The number of nitrogen functional groups attached to an aromatic ring is 1. The number of fused-ring (bicyclic) bond motifs is 1. The Kier molecular flexibility index (Phi) is 3.34. The molecule has 0 fully saturated rings. The quantitative estimate of drug-likeness (QED) is 0.717. The number of rotatable bonds is 2. The summed E-state index contributed by atoms with van der Waals surface area (Å²) in [6, 6.07) is 10.3. The molecule has 2 N–H and O–H groups in total. The van der Waals surface area contributed by atoms with Gasteiger partial charge in [-0.25, -0.2) is 9.97 Å². The zero-order valence-corrected chi connectivity index (χ0v) is 11.7. The molecule has 3 rings (SSSR count). The van der Waals surface area contributed by atoms with E-state index in [0.717, 1.165) is 5.39 Å². The lowest BCUT2D eigenvalue weighted by Gasteiger charge is -2.08. The minimum atomic E-state index is 0.424. The summed E-state index contributed by atoms with van der Waals surface area (Å²) in [6.45, 7) is 0. The Balaban J connectivity index is 2.06. The van der Waals surface area contributed by atoms with Gasteiger partial charge < -0.3 is 10.5 Å². The maximum absolute atomic E-state index is 5.94. The average Bonchev–Trinajstić information content (AvgIpc) is 2.37. The Morgan fingerprint density at radius 2 is 1.70 bits per heavy atom. The summed E-state index contributed by atoms with van der Waals surface area (Å²) in [6.07, 6.45) is 1.42. The van der Waals surface area contributed by atoms with Crippen molar-refractivity contribution in [1.82, 2.24) is 9.97 Å². The van der Waals surface area contributed by atoms with Gasteiger partial charge in [0.05, 0.1) is 10.9 Å². The third kappa shape index (κ3) is 2.61. The van der Waals surface area contributed by atoms with E-state index in [1.807, 2.05) is 6.07 Å². The molecule has 0 bridgehead atoms. The number of nitrogens with two attached hydrogens (primary N) is 1. The highest BCUT2D eigenvalue weighted by Crippen LogP contribution is 2.31. The van der Waals surface area contributed by atoms with Gasteiger partial charge in [-0.1, -0.05) is 23.2 Å². The van der Waals surface area contributed by atoms with Crippen LogP contribution in [0.25, 0.3) is 10.9 Å². The zero-order chi connectivity index (χ0) is 14.1. The van der Waals surface area contributed by atoms with Crippen molar-refractivity contribution in [3.05, 3.63) is 52.8 Å². The minimum absolute atomic E-state index is 0.424. The van der Waals surface area contributed by atoms with Gasteiger partial charge in [-0.3, -0.25) is 0 Å². The highest BCUT2D eigenvalue weighted by atomic mass is 35.5. The van der Waals surface area contributed by atoms with E-state index in [9.17, 15) is 0 Å². The smallest absolute Gasteiger partial charge is 0.230 e. The minimum Gasteiger partial charge on any atom is -0.438 e. The molecule has 0 aliphatic heterocycles. The van der Waals surface area contributed by atoms with Crippen LogP contribution in [0.1, 0.15) is 0 Å². The Labute approximate surface area is 125 Å². The third-order valence-electron chi connectivity index (χ3n) is 2.67. The third-order valence-corrected chi connectivity index (χ3v) is 3.11. The highest BCUT2D eigenvalue weighted by molar-refractivity contribution is 6.34. The van der Waals surface area contributed by atoms with Crippen molar-refractivity contribution < 1.29 is 4.74 Å². The second-order valence-corrected chi connectivity index (χ2v) is 5.04. The molecule has 6 heteroatoms. The van der Waals surface area contributed by atoms with Crippen LogP contribution in [0.4, 0.5) is 5.69 Å². The molecule has 0 radical (unpaired) electrons. The van der Waals surface area contributed by atoms with E-state index in [-0.39, 0.29) is 0 Å². The van der Waals surface area contributed by atoms with Gasteiger partial charge in [0.2, 0.25) is 5.88 Å². The number of aromatic nitrogens is 2. The fourth-order valence-corrected chi connectivity index (χ4v) is 2.34. The van der Waals surface area contributed by atoms with Crippen molar-refractivity contribution in [2.75, 3.05) is 5.73 Å². The SMILES string of the molecule is Nc1ccc2c(Oc3cc(Cl)cc(Cl)c3)ncnc2c1. The second-order valence-electron chi connectivity index (χ2n) is 4.16. The standard InChI is InChI=1S/C14H9Cl2N3O/c15-8-3-9(16)5-11(4-8)20-14-12-2-1-10(17)6-13(12)18-7-19-14/h1-7H,17H2. The van der Waals surface area contributed by atoms with Gasteiger partial charge in [-0.15, -0.1) is 0 Å². The summed E-state index contributed by atoms with van der Waals surface area (Å²) >= 11 is 11.9. The van der Waals surface area contributed by atoms with Crippen LogP contribution in [0.3, 0.4) is 0 Å². The normalized spacial score (nSPS) is 10.7. The first-order chi connectivity index (χ1) is 9.61. The fraction of sp³-hybridized carbons (Fsp3) is 0. The molecule has 0 amide bonds. The zero-order valence-electron chi connectivity index (χ0n) is 10.2. The maximum Gasteiger partial charge on any atom is 0.230 e. The molecule has 0 saturated carbocycles. The van der Waals surface area contributed by atoms with Gasteiger partial charge in [-0.05, 0) is 36.4 Å². The lowest BCUT2D eigenvalue weighted by molar-refractivity contribution is 0.468. The van der Waals surface area contributed by atoms with Crippen molar-refractivity contribution >= 4 is 39.8 Å². The Morgan fingerprint density at radius 3 is 2.45 bits per heavy atom. The number of ether oxygens (including phenoxy) is 1. The molecule has 0 atom stereocenters. The van der Waals surface area contributed by atoms with Crippen molar-refractivity contribution in [1.29, 1.82) is 0 Å². The Morgan fingerprint density at radius 1 is 0.950 bits per heavy atom. The molecule has 4 nitrogen and oxygen atoms in total. The molecule has 3 aromatic rings. The van der Waals surface area contributed by atoms with Crippen molar-refractivity contribution in [2.45, 2.75) is 0 Å². The first kappa shape index (κ1) is 13.0. The summed E-state index contributed by atoms with van der Waals surface area (Å²) in [7, 11) is 0. The van der Waals surface area contributed by atoms with Crippen LogP contribution in [0.15, 0.2) is 42.7 Å². The maximum atomic E-state index is 5.94. The van der Waals surface area contributed by atoms with E-state index < -0.39 is 0 Å². The number of hydrogen-bond donors (Lipinski definition) is 1. The topological polar surface area (TPSA) is 61.0 Å². The van der Waals surface area contributed by atoms with Gasteiger partial charge in [0, 0.05) is 15.7 Å². The molecular weight excluding hydrogens is 297 g/mol. The molecule has 0 aliphatic carbocycles. The Bertz CT molecular complexity index is 772. The number of benzene rings is 2. The van der Waals surface area contributed by atoms with Crippen LogP contribution in [0, 0.1) is 0 Å². The second kappa shape index (κ2) is 5.15. The van der Waals surface area contributed by atoms with Crippen LogP contribution in [0.5, 0.6) is 11.6 Å². The number of nitrogens with zero attached hydrogens (tertiary/aromatic N) is 2. The lowest BCUT2D eigenvalue weighted by Crippen LogP contribution is -1.93. The van der Waals surface area contributed by atoms with E-state index in [1.54, 1.807) is 30.3 Å². The van der Waals surface area contributed by atoms with Crippen LogP contribution in [-0.4, -0.2) is 9.97 Å². The fourth-order valence-electron chi connectivity index (χ4n) is 1.83. The largest absolute Gasteiger partial charge is 0.438 e. The first-order valence-electron chi connectivity index (χ1n) is 5.76. The highest BCUT2D eigenvalue weighted by Gasteiger charge is 2.07. The summed E-state index contributed by atoms with van der Waals surface area (Å²) in [5, 5.41) is 1.75. The van der Waals surface area contributed by atoms with E-state index in [4.69, 9.17) is 33.7 Å². The molecule has 100 valence electrons. The molecule has 2 aromatic carbocycles. The van der Waals surface area contributed by atoms with Crippen LogP contribution >= 0.6 is 23.2 Å². The van der Waals surface area contributed by atoms with Crippen molar-refractivity contribution in [3.8, 4) is 11.6 Å². The van der Waals surface area contributed by atoms with Crippen molar-refractivity contribution in [3.63, 3.8) is 0 Å². The number of hydrogen-bond acceptors (Lipinski definition) is 4. The van der Waals surface area contributed by atoms with Crippen LogP contribution < -0.4 is 10.5 Å². The van der Waals surface area contributed by atoms with Gasteiger partial charge in [0.25, 0.3) is 0 Å². The number of anilines is 1. The summed E-state index contributed by atoms with van der Waals surface area (Å²) in [4.78, 5) is 8.29. The monoisotopic (exact) mass is 305 g/mol. The van der Waals surface area contributed by atoms with Gasteiger partial charge in [-0.2, -0.15) is 0 Å². The lowest BCUT2D eigenvalue weighted by atomic mass is 10.2. The van der Waals surface area contributed by atoms with Gasteiger partial charge >= 0.3 is 0 Å². The van der Waals surface area contributed by atoms with Gasteiger partial charge in [0.15, 0.2) is 0 Å². The summed E-state index contributed by atoms with van der Waals surface area (Å²) in [5.74, 6) is 0.938. The molecule has 0 unspecified atom stereocenters. The molecule has 1 aromatic heterocycles. The summed E-state index contributed by atoms with van der Waals surface area (Å²) < 4.78 is 5.73. The van der Waals surface area contributed by atoms with E-state index in [1.165, 1.54) is 6.33 Å². The Hall–Kier alpha value is -2.04. The first-order valence-corrected chi connectivity index (χ1v) is 6.51. The molecular formula is C14H9Cl2N3O. The van der Waals surface area contributed by atoms with E-state index >= 15 is 0 Å². The summed E-state index contributed by atoms with van der Waals surface area (Å²) in [5.41, 5.74) is 7.07. The predicted molar refractivity (Wildman–Crippen MR) is 80.5 cm³/mol. The molecule has 0 spiro atoms. The van der Waals surface area contributed by atoms with E-state index in [2.05, 4.69) is 9.97 Å². The average molecular weight is 306 g/mol. The van der Waals surface area contributed by atoms with Crippen molar-refractivity contribution in [2.24, 2.45) is 0 Å². The van der Waals surface area contributed by atoms with Crippen LogP contribution in [-0.2, 0) is 0 Å². The molecule has 20 heavy (non-hydrogen) atoms. The number of halogens is 2. The van der Waals surface area contributed by atoms with Gasteiger partial charge in [0.1, 0.15) is 12.1 Å². The van der Waals surface area contributed by atoms with Crippen LogP contribution in [0.2, 0.25) is 10.0 Å². The predicted octanol–water partition coefficient (Wildman–Crippen LogP) is 4.31. The molecule has 1 heterocycles. The van der Waals surface area contributed by atoms with E-state index in [0.29, 0.717) is 32.9 Å². The molecule has 0 aliphatic rings.